The lowest BCUT2D eigenvalue weighted by molar-refractivity contribution is -0.158. The second kappa shape index (κ2) is 50.9. The van der Waals surface area contributed by atoms with Crippen LogP contribution in [0.25, 0.3) is 0 Å². The number of anilines is 10. The predicted octanol–water partition coefficient (Wildman–Crippen LogP) is 19.2. The van der Waals surface area contributed by atoms with E-state index < -0.39 is 17.3 Å². The van der Waals surface area contributed by atoms with Gasteiger partial charge in [-0.15, -0.1) is 0 Å². The molecule has 2 aromatic heterocycles. The summed E-state index contributed by atoms with van der Waals surface area (Å²) >= 11 is 0. The average Bonchev–Trinajstić information content (AvgIpc) is 1.09. The number of carbonyl (C=O) groups is 11. The molecule has 780 valence electrons. The highest BCUT2D eigenvalue weighted by molar-refractivity contribution is 6.18. The Hall–Kier alpha value is -10.2. The lowest BCUT2D eigenvalue weighted by Crippen LogP contribution is -2.60. The van der Waals surface area contributed by atoms with Gasteiger partial charge in [-0.2, -0.15) is 0 Å². The van der Waals surface area contributed by atoms with Crippen molar-refractivity contribution in [1.82, 2.24) is 34.5 Å². The van der Waals surface area contributed by atoms with Crippen molar-refractivity contribution in [2.24, 2.45) is 0 Å². The summed E-state index contributed by atoms with van der Waals surface area (Å²) in [4.78, 5) is 168. The zero-order valence-electron chi connectivity index (χ0n) is 85.2. The molecule has 5 aliphatic carbocycles. The van der Waals surface area contributed by atoms with E-state index in [4.69, 9.17) is 4.74 Å². The van der Waals surface area contributed by atoms with Gasteiger partial charge in [-0.3, -0.25) is 62.5 Å². The molecule has 5 aromatic rings. The number of benzene rings is 3. The Kier molecular flexibility index (Phi) is 37.2. The molecule has 11 fully saturated rings. The van der Waals surface area contributed by atoms with Crippen LogP contribution in [0.4, 0.5) is 65.9 Å². The summed E-state index contributed by atoms with van der Waals surface area (Å²) in [6.45, 7) is 7.37. The molecule has 16 aliphatic rings. The first kappa shape index (κ1) is 105. The number of aromatic nitrogens is 2. The highest BCUT2D eigenvalue weighted by atomic mass is 19.1. The predicted molar refractivity (Wildman–Crippen MR) is 558 cm³/mol. The number of rotatable bonds is 11. The Labute approximate surface area is 850 Å². The summed E-state index contributed by atoms with van der Waals surface area (Å²) in [5.74, 6) is -2.66. The monoisotopic (exact) mass is 1980 g/mol. The molecule has 5 N–H and O–H groups in total. The van der Waals surface area contributed by atoms with E-state index >= 15 is 0 Å². The topological polar surface area (TPSA) is 315 Å². The second-order valence-corrected chi connectivity index (χ2v) is 43.6. The molecule has 6 saturated heterocycles. The number of nitrogens with zero attached hydrogens (tertiary/aromatic N) is 12. The number of esters is 1. The first-order valence-corrected chi connectivity index (χ1v) is 55.7. The van der Waals surface area contributed by atoms with Crippen molar-refractivity contribution in [1.29, 1.82) is 0 Å². The minimum atomic E-state index is -0.619. The average molecular weight is 1980 g/mol. The third-order valence-corrected chi connectivity index (χ3v) is 34.3. The number of fused-ring (bicyclic) bond motifs is 7. The van der Waals surface area contributed by atoms with Crippen molar-refractivity contribution in [3.05, 3.63) is 109 Å². The number of halogens is 2. The van der Waals surface area contributed by atoms with E-state index in [0.717, 1.165) is 176 Å². The number of ether oxygens (including phenoxy) is 1. The molecule has 29 nitrogen and oxygen atoms in total. The number of piperidine rings is 6. The molecule has 3 aromatic carbocycles. The molecule has 3 atom stereocenters. The fraction of sp³-hybridized carbons (Fsp3) is 0.655. The van der Waals surface area contributed by atoms with E-state index in [1.807, 2.05) is 75.4 Å². The minimum Gasteiger partial charge on any atom is -0.468 e. The van der Waals surface area contributed by atoms with Gasteiger partial charge < -0.3 is 70.5 Å². The van der Waals surface area contributed by atoms with Gasteiger partial charge in [0.05, 0.1) is 58.8 Å². The first-order valence-electron chi connectivity index (χ1n) is 55.7. The van der Waals surface area contributed by atoms with Crippen molar-refractivity contribution in [2.45, 2.75) is 412 Å². The Balaban J connectivity index is 0.000000124. The van der Waals surface area contributed by atoms with Crippen molar-refractivity contribution in [2.75, 3.05) is 111 Å². The van der Waals surface area contributed by atoms with Crippen LogP contribution < -0.4 is 51.1 Å². The molecule has 0 spiro atoms. The highest BCUT2D eigenvalue weighted by Crippen LogP contribution is 2.47. The van der Waals surface area contributed by atoms with E-state index in [0.29, 0.717) is 73.0 Å². The molecule has 31 heteroatoms. The maximum Gasteiger partial charge on any atom is 0.326 e. The molecule has 10 amide bonds. The van der Waals surface area contributed by atoms with Gasteiger partial charge in [0.15, 0.2) is 11.6 Å². The zero-order valence-corrected chi connectivity index (χ0v) is 85.2. The number of likely N-dealkylation sites (tertiary alicyclic amines) is 4. The van der Waals surface area contributed by atoms with Gasteiger partial charge in [0, 0.05) is 131 Å². The van der Waals surface area contributed by atoms with Gasteiger partial charge in [0.1, 0.15) is 49.3 Å². The Morgan fingerprint density at radius 2 is 0.625 bits per heavy atom. The number of carbonyl (C=O) groups excluding carboxylic acids is 11. The molecule has 0 radical (unpaired) electrons. The van der Waals surface area contributed by atoms with E-state index in [1.165, 1.54) is 236 Å². The summed E-state index contributed by atoms with van der Waals surface area (Å²) < 4.78 is 33.1. The first-order chi connectivity index (χ1) is 70.2. The summed E-state index contributed by atoms with van der Waals surface area (Å²) in [6, 6.07) is 29.1. The fourth-order valence-electron chi connectivity index (χ4n) is 27.2. The van der Waals surface area contributed by atoms with Crippen molar-refractivity contribution >= 4 is 122 Å². The Morgan fingerprint density at radius 1 is 0.306 bits per heavy atom. The van der Waals surface area contributed by atoms with Gasteiger partial charge in [-0.25, -0.2) is 18.7 Å². The second-order valence-electron chi connectivity index (χ2n) is 43.6. The molecule has 1 unspecified atom stereocenters. The standard InChI is InChI=1S/C25H35N3O2.C23H31FN4O4.C22H30FN3O2.C22H31N3O2.C21H30N4O2/c29-24-17-25(30)28(23-14-7-6-13-22(23)26-24)21-15-19-11-8-12-20(16-21)27(19)18-9-4-2-1-3-5-10-18;1-32-22(31)23(9-5-3-2-4-6-10-23)27-11-7-17(8-12-27)28-18-13-16(24)15-25-21(18)26-19(29)14-20(28)30;23-16-8-9-19-20(14-16)26(22(28)15-21(27)24-19)18-10-12-25(13-11-18)17-6-4-2-1-3-5-7-17;26-21-16-22(27)25(20-11-7-6-10-19(20)23-21)18-12-14-24(15-13-18)17-8-4-2-1-3-5-9-17;26-19-15-20(27)25(18-9-6-12-22-21(18)23-19)17-10-13-24(14-11-17)16-7-4-2-1-3-5-8-16/h6-7,13-14,18-21H,1-5,8-12,15-17H2,(H,26,29);13,15,17H,2-12,14H2,1H3,(H,25,26,29);8-9,14,17-18H,1-7,10-13,15H2,(H,24,27);6-7,10-11,17-18H,1-5,8-9,12-16H2,(H,23,26);6,9,12,16-17H,1-5,7-8,10-11,13-15H2,(H,22,23,26)/t19-,20+,21?;;;;. The fourth-order valence-corrected chi connectivity index (χ4v) is 27.2. The molecule has 144 heavy (non-hydrogen) atoms. The van der Waals surface area contributed by atoms with Crippen LogP contribution in [-0.4, -0.2) is 231 Å². The number of amides is 10. The SMILES string of the molecule is COC(=O)C1(N2CCC(N3C(=O)CC(=O)Nc4ncc(F)cc43)CC2)CCCCCCC1.O=C1CC(=O)N(C2CCN(C3CCCCCCC3)CC2)c2cc(F)ccc2N1.O=C1CC(=O)N(C2CCN(C3CCCCCCC3)CC2)c2ccccc2N1.O=C1CC(=O)N(C2CCN(C3CCCCCCC3)CC2)c2cccnc2N1.O=C1CC(=O)N(C2C[C@H]3CCC[C@@H](C2)N3C2CCCCCCC2)c2ccccc2N1. The zero-order chi connectivity index (χ0) is 100. The smallest absolute Gasteiger partial charge is 0.326 e. The summed E-state index contributed by atoms with van der Waals surface area (Å²) in [7, 11) is 1.45. The lowest BCUT2D eigenvalue weighted by atomic mass is 9.78. The molecular weight excluding hydrogens is 1830 g/mol. The maximum atomic E-state index is 14.0. The van der Waals surface area contributed by atoms with Crippen LogP contribution in [0.2, 0.25) is 0 Å². The van der Waals surface area contributed by atoms with E-state index in [1.54, 1.807) is 17.2 Å². The van der Waals surface area contributed by atoms with E-state index in [-0.39, 0.29) is 133 Å². The van der Waals surface area contributed by atoms with Crippen LogP contribution in [0, 0.1) is 11.6 Å². The third kappa shape index (κ3) is 26.3. The third-order valence-electron chi connectivity index (χ3n) is 34.3. The van der Waals surface area contributed by atoms with Crippen LogP contribution in [-0.2, 0) is 57.5 Å². The molecule has 21 rings (SSSR count). The van der Waals surface area contributed by atoms with Crippen LogP contribution in [0.1, 0.15) is 340 Å². The number of pyridine rings is 2. The van der Waals surface area contributed by atoms with Gasteiger partial charge in [0.2, 0.25) is 59.1 Å². The van der Waals surface area contributed by atoms with Crippen molar-refractivity contribution in [3.8, 4) is 0 Å². The Bertz CT molecular complexity index is 5080. The summed E-state index contributed by atoms with van der Waals surface area (Å²) in [5.41, 5.74) is 4.74. The number of para-hydroxylation sites is 4. The van der Waals surface area contributed by atoms with Crippen LogP contribution in [0.15, 0.2) is 97.3 Å². The van der Waals surface area contributed by atoms with Crippen LogP contribution >= 0.6 is 0 Å². The largest absolute Gasteiger partial charge is 0.468 e. The maximum absolute atomic E-state index is 14.0. The number of methoxy groups -OCH3 is 1. The number of hydrogen-bond donors (Lipinski definition) is 5. The summed E-state index contributed by atoms with van der Waals surface area (Å²) in [5, 5.41) is 13.9. The number of hydrogen-bond acceptors (Lipinski definition) is 19. The normalized spacial score (nSPS) is 25.2. The van der Waals surface area contributed by atoms with Crippen molar-refractivity contribution < 1.29 is 66.3 Å². The van der Waals surface area contributed by atoms with Gasteiger partial charge >= 0.3 is 5.97 Å². The van der Waals surface area contributed by atoms with Crippen molar-refractivity contribution in [3.63, 3.8) is 0 Å². The lowest BCUT2D eigenvalue weighted by Gasteiger charge is -2.54. The highest BCUT2D eigenvalue weighted by Gasteiger charge is 2.50. The van der Waals surface area contributed by atoms with E-state index in [9.17, 15) is 61.5 Å². The summed E-state index contributed by atoms with van der Waals surface area (Å²) in [6.07, 6.45) is 59.7. The van der Waals surface area contributed by atoms with Gasteiger partial charge in [-0.1, -0.05) is 191 Å². The van der Waals surface area contributed by atoms with E-state index in [2.05, 4.69) is 61.1 Å². The van der Waals surface area contributed by atoms with Gasteiger partial charge in [0.25, 0.3) is 0 Å². The number of nitrogens with one attached hydrogen (secondary N) is 5. The molecule has 13 heterocycles. The molecule has 11 aliphatic heterocycles. The minimum absolute atomic E-state index is 0.0190. The van der Waals surface area contributed by atoms with Crippen LogP contribution in [0.3, 0.4) is 0 Å². The molecule has 2 bridgehead atoms. The molecular formula is C113H157F2N17O12. The quantitative estimate of drug-likeness (QED) is 0.0606. The van der Waals surface area contributed by atoms with Gasteiger partial charge in [-0.05, 0) is 196 Å². The van der Waals surface area contributed by atoms with Crippen LogP contribution in [0.5, 0.6) is 0 Å². The molecule has 5 saturated carbocycles. The Morgan fingerprint density at radius 3 is 1.04 bits per heavy atom.